The average Bonchev–Trinajstić information content (AvgIpc) is 3.49. The molecule has 3 amide bonds. The molecule has 2 aliphatic heterocycles. The molecule has 0 saturated carbocycles. The molecule has 5 rings (SSSR count). The van der Waals surface area contributed by atoms with Gasteiger partial charge in [-0.2, -0.15) is 0 Å². The number of nitrogens with one attached hydrogen (secondary N) is 1. The Kier molecular flexibility index (Phi) is 4.87. The van der Waals surface area contributed by atoms with Crippen molar-refractivity contribution in [3.8, 4) is 22.8 Å². The standard InChI is InChI=1S/C22H17N3O5S/c26-19(6-3-9-25-20(27)14-4-1-2-5-15(14)21(25)28)24-22-23-16(11-31-22)13-7-8-17-18(10-13)30-12-29-17/h1-2,4-5,7-8,10-11H,3,6,9,12H2,(H,23,24,26). The number of hydrogen-bond acceptors (Lipinski definition) is 7. The Bertz CT molecular complexity index is 1170. The minimum atomic E-state index is -0.311. The van der Waals surface area contributed by atoms with Crippen molar-refractivity contribution >= 4 is 34.2 Å². The van der Waals surface area contributed by atoms with Gasteiger partial charge in [0, 0.05) is 23.9 Å². The summed E-state index contributed by atoms with van der Waals surface area (Å²) in [6.07, 6.45) is 0.546. The zero-order valence-electron chi connectivity index (χ0n) is 16.3. The van der Waals surface area contributed by atoms with E-state index in [4.69, 9.17) is 9.47 Å². The van der Waals surface area contributed by atoms with Crippen molar-refractivity contribution in [1.29, 1.82) is 0 Å². The lowest BCUT2D eigenvalue weighted by molar-refractivity contribution is -0.116. The summed E-state index contributed by atoms with van der Waals surface area (Å²) in [6, 6.07) is 12.3. The fourth-order valence-electron chi connectivity index (χ4n) is 3.54. The van der Waals surface area contributed by atoms with E-state index in [1.807, 2.05) is 23.6 Å². The predicted octanol–water partition coefficient (Wildman–Crippen LogP) is 3.55. The van der Waals surface area contributed by atoms with E-state index < -0.39 is 0 Å². The topological polar surface area (TPSA) is 97.8 Å². The molecule has 0 saturated heterocycles. The van der Waals surface area contributed by atoms with Crippen LogP contribution in [0.1, 0.15) is 33.6 Å². The molecule has 9 heteroatoms. The van der Waals surface area contributed by atoms with Crippen LogP contribution in [0, 0.1) is 0 Å². The Morgan fingerprint density at radius 2 is 1.81 bits per heavy atom. The van der Waals surface area contributed by atoms with Gasteiger partial charge in [0.2, 0.25) is 12.7 Å². The van der Waals surface area contributed by atoms with E-state index in [0.29, 0.717) is 34.2 Å². The summed E-state index contributed by atoms with van der Waals surface area (Å²) < 4.78 is 10.7. The number of anilines is 1. The lowest BCUT2D eigenvalue weighted by Gasteiger charge is -2.13. The number of hydrogen-bond donors (Lipinski definition) is 1. The summed E-state index contributed by atoms with van der Waals surface area (Å²) in [6.45, 7) is 0.401. The molecule has 156 valence electrons. The second-order valence-corrected chi connectivity index (χ2v) is 7.92. The second kappa shape index (κ2) is 7.84. The van der Waals surface area contributed by atoms with E-state index in [1.54, 1.807) is 24.3 Å². The monoisotopic (exact) mass is 435 g/mol. The molecule has 2 aromatic carbocycles. The van der Waals surface area contributed by atoms with Crippen LogP contribution >= 0.6 is 11.3 Å². The van der Waals surface area contributed by atoms with E-state index in [1.165, 1.54) is 16.2 Å². The molecule has 1 N–H and O–H groups in total. The molecule has 8 nitrogen and oxygen atoms in total. The van der Waals surface area contributed by atoms with Crippen molar-refractivity contribution in [3.05, 3.63) is 59.0 Å². The number of carbonyl (C=O) groups excluding carboxylic acids is 3. The van der Waals surface area contributed by atoms with Gasteiger partial charge >= 0.3 is 0 Å². The summed E-state index contributed by atoms with van der Waals surface area (Å²) >= 11 is 1.32. The van der Waals surface area contributed by atoms with Crippen LogP contribution in [0.5, 0.6) is 11.5 Å². The van der Waals surface area contributed by atoms with Crippen LogP contribution in [-0.2, 0) is 4.79 Å². The van der Waals surface area contributed by atoms with Crippen LogP contribution in [0.15, 0.2) is 47.8 Å². The maximum Gasteiger partial charge on any atom is 0.261 e. The first-order valence-electron chi connectivity index (χ1n) is 9.71. The zero-order chi connectivity index (χ0) is 21.4. The third-order valence-corrected chi connectivity index (χ3v) is 5.84. The third-order valence-electron chi connectivity index (χ3n) is 5.08. The van der Waals surface area contributed by atoms with E-state index in [9.17, 15) is 14.4 Å². The highest BCUT2D eigenvalue weighted by molar-refractivity contribution is 7.14. The van der Waals surface area contributed by atoms with Gasteiger partial charge in [-0.1, -0.05) is 12.1 Å². The fourth-order valence-corrected chi connectivity index (χ4v) is 4.28. The van der Waals surface area contributed by atoms with Crippen LogP contribution in [0.25, 0.3) is 11.3 Å². The highest BCUT2D eigenvalue weighted by Gasteiger charge is 2.34. The molecule has 0 bridgehead atoms. The molecule has 0 spiro atoms. The maximum absolute atomic E-state index is 12.4. The highest BCUT2D eigenvalue weighted by Crippen LogP contribution is 2.36. The van der Waals surface area contributed by atoms with Crippen molar-refractivity contribution in [2.75, 3.05) is 18.7 Å². The molecule has 0 radical (unpaired) electrons. The molecule has 3 heterocycles. The normalized spacial score (nSPS) is 14.1. The Labute approximate surface area is 181 Å². The number of imide groups is 1. The van der Waals surface area contributed by atoms with Gasteiger partial charge in [0.15, 0.2) is 16.6 Å². The fraction of sp³-hybridized carbons (Fsp3) is 0.182. The Balaban J connectivity index is 1.15. The first-order chi connectivity index (χ1) is 15.1. The number of rotatable bonds is 6. The van der Waals surface area contributed by atoms with Gasteiger partial charge in [0.05, 0.1) is 16.8 Å². The minimum absolute atomic E-state index is 0.173. The summed E-state index contributed by atoms with van der Waals surface area (Å²) in [5.74, 6) is 0.529. The van der Waals surface area contributed by atoms with Crippen molar-refractivity contribution in [1.82, 2.24) is 9.88 Å². The Hall–Kier alpha value is -3.72. The zero-order valence-corrected chi connectivity index (χ0v) is 17.1. The molecule has 1 aromatic heterocycles. The maximum atomic E-state index is 12.4. The van der Waals surface area contributed by atoms with Crippen LogP contribution in [-0.4, -0.2) is 40.9 Å². The number of benzene rings is 2. The molecule has 31 heavy (non-hydrogen) atoms. The number of amides is 3. The number of nitrogens with zero attached hydrogens (tertiary/aromatic N) is 2. The second-order valence-electron chi connectivity index (χ2n) is 7.07. The van der Waals surface area contributed by atoms with Crippen molar-refractivity contribution in [3.63, 3.8) is 0 Å². The molecule has 0 fully saturated rings. The van der Waals surface area contributed by atoms with Gasteiger partial charge in [-0.25, -0.2) is 4.98 Å². The Morgan fingerprint density at radius 3 is 2.58 bits per heavy atom. The number of fused-ring (bicyclic) bond motifs is 2. The molecule has 0 atom stereocenters. The highest BCUT2D eigenvalue weighted by atomic mass is 32.1. The number of ether oxygens (including phenoxy) is 2. The van der Waals surface area contributed by atoms with Crippen molar-refractivity contribution < 1.29 is 23.9 Å². The summed E-state index contributed by atoms with van der Waals surface area (Å²) in [5.41, 5.74) is 2.42. The first-order valence-corrected chi connectivity index (χ1v) is 10.6. The average molecular weight is 435 g/mol. The third kappa shape index (κ3) is 3.64. The minimum Gasteiger partial charge on any atom is -0.454 e. The van der Waals surface area contributed by atoms with Gasteiger partial charge < -0.3 is 14.8 Å². The molecule has 0 unspecified atom stereocenters. The lowest BCUT2D eigenvalue weighted by atomic mass is 10.1. The Morgan fingerprint density at radius 1 is 1.06 bits per heavy atom. The van der Waals surface area contributed by atoms with E-state index in [2.05, 4.69) is 10.3 Å². The van der Waals surface area contributed by atoms with E-state index in [0.717, 1.165) is 11.3 Å². The van der Waals surface area contributed by atoms with Crippen molar-refractivity contribution in [2.24, 2.45) is 0 Å². The SMILES string of the molecule is O=C(CCCN1C(=O)c2ccccc2C1=O)Nc1nc(-c2ccc3c(c2)OCO3)cs1. The number of carbonyl (C=O) groups is 3. The lowest BCUT2D eigenvalue weighted by Crippen LogP contribution is -2.31. The van der Waals surface area contributed by atoms with Crippen LogP contribution in [0.2, 0.25) is 0 Å². The molecular formula is C22H17N3O5S. The summed E-state index contributed by atoms with van der Waals surface area (Å²) in [5, 5.41) is 5.11. The predicted molar refractivity (Wildman–Crippen MR) is 113 cm³/mol. The molecular weight excluding hydrogens is 418 g/mol. The van der Waals surface area contributed by atoms with Gasteiger partial charge in [0.25, 0.3) is 11.8 Å². The van der Waals surface area contributed by atoms with E-state index in [-0.39, 0.29) is 37.5 Å². The van der Waals surface area contributed by atoms with E-state index >= 15 is 0 Å². The van der Waals surface area contributed by atoms with Crippen LogP contribution < -0.4 is 14.8 Å². The van der Waals surface area contributed by atoms with Gasteiger partial charge in [0.1, 0.15) is 0 Å². The molecule has 0 aliphatic carbocycles. The molecule has 3 aromatic rings. The number of thiazole rings is 1. The van der Waals surface area contributed by atoms with Gasteiger partial charge in [-0.15, -0.1) is 11.3 Å². The summed E-state index contributed by atoms with van der Waals surface area (Å²) in [7, 11) is 0. The smallest absolute Gasteiger partial charge is 0.261 e. The quantitative estimate of drug-likeness (QED) is 0.595. The number of aromatic nitrogens is 1. The van der Waals surface area contributed by atoms with Gasteiger partial charge in [-0.3, -0.25) is 19.3 Å². The van der Waals surface area contributed by atoms with Crippen LogP contribution in [0.3, 0.4) is 0 Å². The van der Waals surface area contributed by atoms with Crippen LogP contribution in [0.4, 0.5) is 5.13 Å². The van der Waals surface area contributed by atoms with Crippen molar-refractivity contribution in [2.45, 2.75) is 12.8 Å². The van der Waals surface area contributed by atoms with Gasteiger partial charge in [-0.05, 0) is 36.8 Å². The largest absolute Gasteiger partial charge is 0.454 e. The molecule has 2 aliphatic rings. The first kappa shape index (κ1) is 19.3. The summed E-state index contributed by atoms with van der Waals surface area (Å²) in [4.78, 5) is 42.7.